The molecule has 90 heavy (non-hydrogen) atoms. The van der Waals surface area contributed by atoms with Crippen molar-refractivity contribution in [3.63, 3.8) is 0 Å². The number of esters is 2. The van der Waals surface area contributed by atoms with Crippen LogP contribution in [0.2, 0.25) is 0 Å². The van der Waals surface area contributed by atoms with Gasteiger partial charge < -0.3 is 18.9 Å². The van der Waals surface area contributed by atoms with Gasteiger partial charge in [0, 0.05) is 12.8 Å². The van der Waals surface area contributed by atoms with Crippen molar-refractivity contribution in [3.8, 4) is 0 Å². The second kappa shape index (κ2) is 67.7. The van der Waals surface area contributed by atoms with Crippen molar-refractivity contribution in [1.29, 1.82) is 0 Å². The molecule has 0 aliphatic carbocycles. The second-order valence-corrected chi connectivity index (χ2v) is 24.5. The topological polar surface area (TPSA) is 108 Å². The Morgan fingerprint density at radius 2 is 0.600 bits per heavy atom. The maximum atomic E-state index is 12.9. The van der Waals surface area contributed by atoms with Crippen molar-refractivity contribution in [2.75, 3.05) is 47.5 Å². The fraction of sp³-hybridized carbons (Fsp3) is 0.525. The Morgan fingerprint density at radius 1 is 0.344 bits per heavy atom. The van der Waals surface area contributed by atoms with Crippen LogP contribution in [0.25, 0.3) is 0 Å². The number of rotatable bonds is 60. The van der Waals surface area contributed by atoms with Crippen LogP contribution in [0.4, 0.5) is 0 Å². The number of phosphoric acid groups is 1. The van der Waals surface area contributed by atoms with Crippen molar-refractivity contribution in [2.45, 2.75) is 225 Å². The number of unbranched alkanes of at least 4 members (excludes halogenated alkanes) is 10. The summed E-state index contributed by atoms with van der Waals surface area (Å²) >= 11 is 0. The number of allylic oxidation sites excluding steroid dienone is 36. The number of nitrogens with zero attached hydrogens (tertiary/aromatic N) is 1. The second-order valence-electron chi connectivity index (χ2n) is 23.1. The van der Waals surface area contributed by atoms with Gasteiger partial charge in [-0.1, -0.05) is 271 Å². The van der Waals surface area contributed by atoms with Crippen molar-refractivity contribution in [2.24, 2.45) is 0 Å². The number of carbonyl (C=O) groups excluding carboxylic acids is 2. The first-order chi connectivity index (χ1) is 44.0. The smallest absolute Gasteiger partial charge is 0.462 e. The van der Waals surface area contributed by atoms with Crippen molar-refractivity contribution >= 4 is 19.8 Å². The summed E-state index contributed by atoms with van der Waals surface area (Å²) in [6.07, 6.45) is 109. The molecule has 0 rings (SSSR count). The first-order valence-electron chi connectivity index (χ1n) is 34.5. The SMILES string of the molecule is CC/C=C\C/C=C\C/C=C\C/C=C\C/C=C\C/C=C\C/C=C\C/C=C\C/C=C\C/C=C\C/C=C\CCCCCCCC(=O)OC(COC(=O)CCCCCCC/C=C\C/C=C\C/C=C\C/C=C\C/C=C\C/C=C\C/C=C\CC)COP(=O)(O)OCC[N+](C)(C)C. The first kappa shape index (κ1) is 84.3. The number of phosphoric ester groups is 1. The third-order valence-corrected chi connectivity index (χ3v) is 14.5. The van der Waals surface area contributed by atoms with E-state index in [1.54, 1.807) is 0 Å². The summed E-state index contributed by atoms with van der Waals surface area (Å²) in [7, 11) is 1.42. The Morgan fingerprint density at radius 3 is 0.889 bits per heavy atom. The molecule has 10 heteroatoms. The molecule has 0 heterocycles. The minimum atomic E-state index is -4.42. The summed E-state index contributed by atoms with van der Waals surface area (Å²) in [5, 5.41) is 0. The van der Waals surface area contributed by atoms with E-state index in [0.29, 0.717) is 23.9 Å². The van der Waals surface area contributed by atoms with E-state index in [4.69, 9.17) is 18.5 Å². The summed E-state index contributed by atoms with van der Waals surface area (Å²) in [5.41, 5.74) is 0. The van der Waals surface area contributed by atoms with E-state index < -0.39 is 32.5 Å². The van der Waals surface area contributed by atoms with Gasteiger partial charge in [0.25, 0.3) is 0 Å². The van der Waals surface area contributed by atoms with E-state index in [1.807, 2.05) is 21.1 Å². The number of carbonyl (C=O) groups is 2. The van der Waals surface area contributed by atoms with E-state index >= 15 is 0 Å². The lowest BCUT2D eigenvalue weighted by Crippen LogP contribution is -2.37. The molecule has 9 nitrogen and oxygen atoms in total. The lowest BCUT2D eigenvalue weighted by molar-refractivity contribution is -0.870. The van der Waals surface area contributed by atoms with Crippen LogP contribution >= 0.6 is 7.82 Å². The van der Waals surface area contributed by atoms with E-state index in [2.05, 4.69) is 233 Å². The molecule has 0 spiro atoms. The minimum absolute atomic E-state index is 0.0108. The van der Waals surface area contributed by atoms with Gasteiger partial charge in [0.2, 0.25) is 0 Å². The third-order valence-electron chi connectivity index (χ3n) is 13.5. The minimum Gasteiger partial charge on any atom is -0.462 e. The molecular weight excluding hydrogens is 1130 g/mol. The number of ether oxygens (including phenoxy) is 2. The molecule has 0 aliphatic rings. The Bertz CT molecular complexity index is 2320. The predicted octanol–water partition coefficient (Wildman–Crippen LogP) is 22.8. The molecule has 1 N–H and O–H groups in total. The fourth-order valence-corrected chi connectivity index (χ4v) is 9.03. The standard InChI is InChI=1S/C80H124NO8P/c1-6-8-10-12-14-16-18-20-22-24-26-28-30-32-34-35-36-37-38-39-40-41-42-43-44-45-47-49-51-53-55-57-59-61-63-65-67-69-71-73-80(83)89-78(77-88-90(84,85)87-75-74-81(3,4)5)76-86-79(82)72-70-68-66-64-62-60-58-56-54-52-50-48-46-33-31-29-27-25-23-21-19-17-15-13-11-9-7-2/h8-11,14-17,20-23,26-29,32-34,36-37,39-40,42-43,45-47,50-53,56-59,78H,6-7,12-13,18-19,24-25,30-31,35,38,41,44,48-49,54-55,60-77H2,1-5H3/p+1/b10-8-,11-9-,16-14-,17-15-,22-20-,23-21-,28-26-,29-27-,34-32-,37-36-,40-39-,43-42-,46-33-,47-45-,52-50-,53-51-,58-56-,59-57-. The predicted molar refractivity (Wildman–Crippen MR) is 389 cm³/mol. The number of hydrogen-bond acceptors (Lipinski definition) is 7. The summed E-state index contributed by atoms with van der Waals surface area (Å²) in [5.74, 6) is -0.861. The van der Waals surface area contributed by atoms with Crippen LogP contribution < -0.4 is 0 Å². The average molecular weight is 1260 g/mol. The van der Waals surface area contributed by atoms with Crippen LogP contribution in [0.1, 0.15) is 219 Å². The molecule has 0 aliphatic heterocycles. The van der Waals surface area contributed by atoms with E-state index in [1.165, 1.54) is 0 Å². The normalized spacial score (nSPS) is 14.5. The van der Waals surface area contributed by atoms with E-state index in [0.717, 1.165) is 180 Å². The number of quaternary nitrogens is 1. The molecule has 0 amide bonds. The highest BCUT2D eigenvalue weighted by Gasteiger charge is 2.27. The Balaban J connectivity index is 4.25. The third kappa shape index (κ3) is 71.4. The zero-order valence-corrected chi connectivity index (χ0v) is 57.9. The van der Waals surface area contributed by atoms with Crippen LogP contribution in [-0.4, -0.2) is 74.9 Å². The van der Waals surface area contributed by atoms with Gasteiger partial charge in [-0.15, -0.1) is 0 Å². The zero-order chi connectivity index (χ0) is 65.5. The van der Waals surface area contributed by atoms with Gasteiger partial charge in [-0.2, -0.15) is 0 Å². The Labute approximate surface area is 550 Å². The Kier molecular flexibility index (Phi) is 63.4. The molecule has 2 unspecified atom stereocenters. The van der Waals surface area contributed by atoms with Crippen molar-refractivity contribution < 1.29 is 42.1 Å². The maximum absolute atomic E-state index is 12.9. The number of hydrogen-bond donors (Lipinski definition) is 1. The van der Waals surface area contributed by atoms with E-state index in [9.17, 15) is 19.0 Å². The van der Waals surface area contributed by atoms with Gasteiger partial charge >= 0.3 is 19.8 Å². The van der Waals surface area contributed by atoms with Gasteiger partial charge in [0.15, 0.2) is 6.10 Å². The molecule has 0 saturated carbocycles. The average Bonchev–Trinajstić information content (AvgIpc) is 3.58. The van der Waals surface area contributed by atoms with Gasteiger partial charge in [-0.05, 0) is 154 Å². The van der Waals surface area contributed by atoms with Crippen molar-refractivity contribution in [1.82, 2.24) is 0 Å². The maximum Gasteiger partial charge on any atom is 0.472 e. The molecule has 0 aromatic rings. The summed E-state index contributed by atoms with van der Waals surface area (Å²) in [6, 6.07) is 0. The van der Waals surface area contributed by atoms with Gasteiger partial charge in [-0.25, -0.2) is 4.57 Å². The van der Waals surface area contributed by atoms with Crippen molar-refractivity contribution in [3.05, 3.63) is 219 Å². The quantitative estimate of drug-likeness (QED) is 0.0211. The highest BCUT2D eigenvalue weighted by molar-refractivity contribution is 7.47. The first-order valence-corrected chi connectivity index (χ1v) is 36.0. The van der Waals surface area contributed by atoms with Crippen LogP contribution in [-0.2, 0) is 32.7 Å². The lowest BCUT2D eigenvalue weighted by atomic mass is 10.1. The summed E-state index contributed by atoms with van der Waals surface area (Å²) in [6.45, 7) is 4.12. The molecule has 0 aromatic heterocycles. The molecule has 2 atom stereocenters. The lowest BCUT2D eigenvalue weighted by Gasteiger charge is -2.24. The highest BCUT2D eigenvalue weighted by atomic mass is 31.2. The largest absolute Gasteiger partial charge is 0.472 e. The zero-order valence-electron chi connectivity index (χ0n) is 57.0. The van der Waals surface area contributed by atoms with Crippen LogP contribution in [0.15, 0.2) is 219 Å². The van der Waals surface area contributed by atoms with Crippen LogP contribution in [0.3, 0.4) is 0 Å². The highest BCUT2D eigenvalue weighted by Crippen LogP contribution is 2.43. The van der Waals surface area contributed by atoms with Crippen LogP contribution in [0, 0.1) is 0 Å². The van der Waals surface area contributed by atoms with Crippen LogP contribution in [0.5, 0.6) is 0 Å². The summed E-state index contributed by atoms with van der Waals surface area (Å²) < 4.78 is 34.6. The van der Waals surface area contributed by atoms with Gasteiger partial charge in [0.1, 0.15) is 19.8 Å². The van der Waals surface area contributed by atoms with Gasteiger partial charge in [-0.3, -0.25) is 18.6 Å². The fourth-order valence-electron chi connectivity index (χ4n) is 8.29. The monoisotopic (exact) mass is 1260 g/mol. The van der Waals surface area contributed by atoms with E-state index in [-0.39, 0.29) is 26.1 Å². The molecule has 0 bridgehead atoms. The molecule has 0 radical (unpaired) electrons. The Hall–Kier alpha value is -5.67. The molecule has 0 saturated heterocycles. The molecule has 0 fully saturated rings. The van der Waals surface area contributed by atoms with Gasteiger partial charge in [0.05, 0.1) is 27.7 Å². The molecule has 0 aromatic carbocycles. The number of likely N-dealkylation sites (N-methyl/N-ethyl adjacent to an activating group) is 1. The molecular formula is C80H125NO8P+. The molecule has 502 valence electrons. The summed E-state index contributed by atoms with van der Waals surface area (Å²) in [4.78, 5) is 35.8.